The van der Waals surface area contributed by atoms with E-state index in [2.05, 4.69) is 4.98 Å². The molecule has 1 heterocycles. The smallest absolute Gasteiger partial charge is 0.241 e. The number of anilines is 1. The third kappa shape index (κ3) is 2.52. The van der Waals surface area contributed by atoms with Crippen molar-refractivity contribution in [3.05, 3.63) is 54.6 Å². The average molecular weight is 318 g/mol. The molecule has 0 radical (unpaired) electrons. The average Bonchev–Trinajstić information content (AvgIpc) is 2.92. The Hall–Kier alpha value is -1.92. The number of rotatable bonds is 4. The Bertz CT molecular complexity index is 825. The van der Waals surface area contributed by atoms with Crippen molar-refractivity contribution in [2.75, 3.05) is 10.8 Å². The maximum absolute atomic E-state index is 12.7. The molecule has 0 saturated heterocycles. The standard InChI is InChI=1S/C15H14N2O2S2/c1-2-17(21(18,19)12-8-4-3-5-9-12)15-16-13-10-6-7-11-14(13)20-15/h3-11H,2H2,1H3. The highest BCUT2D eigenvalue weighted by Crippen LogP contribution is 2.31. The Morgan fingerprint density at radius 1 is 1.05 bits per heavy atom. The minimum atomic E-state index is -3.57. The lowest BCUT2D eigenvalue weighted by Crippen LogP contribution is -2.30. The molecular formula is C15H14N2O2S2. The minimum Gasteiger partial charge on any atom is -0.241 e. The molecule has 0 saturated carbocycles. The van der Waals surface area contributed by atoms with Gasteiger partial charge in [-0.25, -0.2) is 17.7 Å². The van der Waals surface area contributed by atoms with Crippen LogP contribution in [0.4, 0.5) is 5.13 Å². The second-order valence-electron chi connectivity index (χ2n) is 4.45. The molecule has 0 N–H and O–H groups in total. The molecule has 1 aromatic heterocycles. The van der Waals surface area contributed by atoms with Crippen molar-refractivity contribution in [2.45, 2.75) is 11.8 Å². The fourth-order valence-corrected chi connectivity index (χ4v) is 4.78. The first kappa shape index (κ1) is 14.0. The molecule has 0 spiro atoms. The summed E-state index contributed by atoms with van der Waals surface area (Å²) in [6.45, 7) is 2.16. The second kappa shape index (κ2) is 5.46. The maximum Gasteiger partial charge on any atom is 0.266 e. The van der Waals surface area contributed by atoms with Crippen LogP contribution in [0.1, 0.15) is 6.92 Å². The van der Waals surface area contributed by atoms with Crippen LogP contribution in [0.5, 0.6) is 0 Å². The number of aromatic nitrogens is 1. The fraction of sp³-hybridized carbons (Fsp3) is 0.133. The van der Waals surface area contributed by atoms with Gasteiger partial charge in [0.15, 0.2) is 0 Å². The van der Waals surface area contributed by atoms with Gasteiger partial charge in [-0.1, -0.05) is 41.7 Å². The lowest BCUT2D eigenvalue weighted by Gasteiger charge is -2.19. The summed E-state index contributed by atoms with van der Waals surface area (Å²) in [4.78, 5) is 4.72. The summed E-state index contributed by atoms with van der Waals surface area (Å²) in [6, 6.07) is 16.1. The zero-order valence-electron chi connectivity index (χ0n) is 11.4. The van der Waals surface area contributed by atoms with Gasteiger partial charge in [-0.05, 0) is 31.2 Å². The number of para-hydroxylation sites is 1. The Labute approximate surface area is 127 Å². The maximum atomic E-state index is 12.7. The number of benzene rings is 2. The van der Waals surface area contributed by atoms with Gasteiger partial charge in [-0.2, -0.15) is 0 Å². The molecule has 108 valence electrons. The Balaban J connectivity index is 2.09. The van der Waals surface area contributed by atoms with Crippen molar-refractivity contribution >= 4 is 36.7 Å². The minimum absolute atomic E-state index is 0.283. The van der Waals surface area contributed by atoms with Crippen LogP contribution in [0, 0.1) is 0 Å². The van der Waals surface area contributed by atoms with Gasteiger partial charge in [0, 0.05) is 6.54 Å². The van der Waals surface area contributed by atoms with Crippen molar-refractivity contribution in [1.82, 2.24) is 4.98 Å². The van der Waals surface area contributed by atoms with Gasteiger partial charge in [-0.3, -0.25) is 0 Å². The van der Waals surface area contributed by atoms with Gasteiger partial charge in [0.2, 0.25) is 5.13 Å². The first-order valence-electron chi connectivity index (χ1n) is 6.56. The largest absolute Gasteiger partial charge is 0.266 e. The van der Waals surface area contributed by atoms with Crippen LogP contribution < -0.4 is 4.31 Å². The van der Waals surface area contributed by atoms with Crippen LogP contribution in [0.25, 0.3) is 10.2 Å². The van der Waals surface area contributed by atoms with Crippen LogP contribution in [0.3, 0.4) is 0 Å². The van der Waals surface area contributed by atoms with Crippen LogP contribution in [0.15, 0.2) is 59.5 Å². The highest BCUT2D eigenvalue weighted by molar-refractivity contribution is 7.93. The van der Waals surface area contributed by atoms with Crippen molar-refractivity contribution in [2.24, 2.45) is 0 Å². The Morgan fingerprint density at radius 3 is 2.38 bits per heavy atom. The number of sulfonamides is 1. The van der Waals surface area contributed by atoms with Crippen LogP contribution in [0.2, 0.25) is 0 Å². The summed E-state index contributed by atoms with van der Waals surface area (Å²) in [6.07, 6.45) is 0. The van der Waals surface area contributed by atoms with Gasteiger partial charge < -0.3 is 0 Å². The number of hydrogen-bond donors (Lipinski definition) is 0. The fourth-order valence-electron chi connectivity index (χ4n) is 2.09. The zero-order chi connectivity index (χ0) is 14.9. The quantitative estimate of drug-likeness (QED) is 0.739. The van der Waals surface area contributed by atoms with E-state index in [0.717, 1.165) is 10.2 Å². The van der Waals surface area contributed by atoms with Gasteiger partial charge >= 0.3 is 0 Å². The molecule has 6 heteroatoms. The van der Waals surface area contributed by atoms with E-state index in [1.54, 1.807) is 30.3 Å². The SMILES string of the molecule is CCN(c1nc2ccccc2s1)S(=O)(=O)c1ccccc1. The van der Waals surface area contributed by atoms with E-state index >= 15 is 0 Å². The topological polar surface area (TPSA) is 50.3 Å². The van der Waals surface area contributed by atoms with E-state index in [0.29, 0.717) is 11.7 Å². The van der Waals surface area contributed by atoms with E-state index < -0.39 is 10.0 Å². The molecule has 3 rings (SSSR count). The molecule has 0 aliphatic carbocycles. The molecule has 3 aromatic rings. The molecule has 0 unspecified atom stereocenters. The first-order valence-corrected chi connectivity index (χ1v) is 8.82. The molecule has 0 aliphatic heterocycles. The van der Waals surface area contributed by atoms with Gasteiger partial charge in [-0.15, -0.1) is 0 Å². The van der Waals surface area contributed by atoms with Gasteiger partial charge in [0.25, 0.3) is 10.0 Å². The molecule has 0 atom stereocenters. The van der Waals surface area contributed by atoms with E-state index in [1.807, 2.05) is 31.2 Å². The zero-order valence-corrected chi connectivity index (χ0v) is 13.1. The molecule has 4 nitrogen and oxygen atoms in total. The summed E-state index contributed by atoms with van der Waals surface area (Å²) in [5.74, 6) is 0. The third-order valence-corrected chi connectivity index (χ3v) is 6.17. The summed E-state index contributed by atoms with van der Waals surface area (Å²) in [5, 5.41) is 0.502. The molecule has 0 amide bonds. The molecule has 0 bridgehead atoms. The molecule has 0 fully saturated rings. The lowest BCUT2D eigenvalue weighted by atomic mass is 10.3. The van der Waals surface area contributed by atoms with Crippen molar-refractivity contribution < 1.29 is 8.42 Å². The number of thiazole rings is 1. The second-order valence-corrected chi connectivity index (χ2v) is 7.32. The van der Waals surface area contributed by atoms with E-state index in [4.69, 9.17) is 0 Å². The highest BCUT2D eigenvalue weighted by atomic mass is 32.2. The number of hydrogen-bond acceptors (Lipinski definition) is 4. The summed E-state index contributed by atoms with van der Waals surface area (Å²) >= 11 is 1.39. The highest BCUT2D eigenvalue weighted by Gasteiger charge is 2.25. The molecule has 21 heavy (non-hydrogen) atoms. The van der Waals surface area contributed by atoms with E-state index in [1.165, 1.54) is 15.6 Å². The normalized spacial score (nSPS) is 11.7. The van der Waals surface area contributed by atoms with Crippen molar-refractivity contribution in [3.8, 4) is 0 Å². The van der Waals surface area contributed by atoms with Crippen LogP contribution >= 0.6 is 11.3 Å². The lowest BCUT2D eigenvalue weighted by molar-refractivity contribution is 0.592. The monoisotopic (exact) mass is 318 g/mol. The van der Waals surface area contributed by atoms with Gasteiger partial charge in [0.1, 0.15) is 0 Å². The number of fused-ring (bicyclic) bond motifs is 1. The number of nitrogens with zero attached hydrogens (tertiary/aromatic N) is 2. The molecule has 0 aliphatic rings. The summed E-state index contributed by atoms with van der Waals surface area (Å²) < 4.78 is 27.8. The predicted octanol–water partition coefficient (Wildman–Crippen LogP) is 3.51. The molecule has 2 aromatic carbocycles. The predicted molar refractivity (Wildman–Crippen MR) is 86.3 cm³/mol. The van der Waals surface area contributed by atoms with E-state index in [-0.39, 0.29) is 4.90 Å². The molecular weight excluding hydrogens is 304 g/mol. The van der Waals surface area contributed by atoms with Crippen LogP contribution in [-0.2, 0) is 10.0 Å². The summed E-state index contributed by atoms with van der Waals surface area (Å²) in [5.41, 5.74) is 0.819. The first-order chi connectivity index (χ1) is 10.1. The van der Waals surface area contributed by atoms with Crippen molar-refractivity contribution in [1.29, 1.82) is 0 Å². The van der Waals surface area contributed by atoms with Crippen LogP contribution in [-0.4, -0.2) is 19.9 Å². The summed E-state index contributed by atoms with van der Waals surface area (Å²) in [7, 11) is -3.57. The van der Waals surface area contributed by atoms with Crippen molar-refractivity contribution in [3.63, 3.8) is 0 Å². The Kier molecular flexibility index (Phi) is 3.65. The van der Waals surface area contributed by atoms with E-state index in [9.17, 15) is 8.42 Å². The third-order valence-electron chi connectivity index (χ3n) is 3.11. The van der Waals surface area contributed by atoms with Gasteiger partial charge in [0.05, 0.1) is 15.1 Å². The Morgan fingerprint density at radius 2 is 1.71 bits per heavy atom.